The highest BCUT2D eigenvalue weighted by Gasteiger charge is 2.44. The number of rotatable bonds is 21. The standard InChI is InChI=1S/C35H49N5O12/c1-23(2)35(22-36,25-17-30(47-5)34(49-7)31(18-25)48-6)14-10-15-38(3)16-13-24-11-8-9-12-27(24)50-26-19-28(51-39(42)43)33(37-32(41)21-46-4)29(20-26)52-40(44)45/h8-9,11-12,17-18,23,26,28-29,33H,10,13-16,19-21H2,1-7H3,(H,37,41). The molecule has 0 spiro atoms. The van der Waals surface area contributed by atoms with Crippen LogP contribution in [0.2, 0.25) is 0 Å². The van der Waals surface area contributed by atoms with Gasteiger partial charge >= 0.3 is 0 Å². The van der Waals surface area contributed by atoms with Crippen molar-refractivity contribution in [1.82, 2.24) is 10.2 Å². The molecule has 1 saturated carbocycles. The molecule has 0 aromatic heterocycles. The molecule has 17 nitrogen and oxygen atoms in total. The highest BCUT2D eigenvalue weighted by atomic mass is 17.0. The summed E-state index contributed by atoms with van der Waals surface area (Å²) in [5, 5.41) is 33.7. The van der Waals surface area contributed by atoms with Crippen LogP contribution in [0, 0.1) is 37.5 Å². The first kappa shape index (κ1) is 41.3. The van der Waals surface area contributed by atoms with E-state index in [4.69, 9.17) is 33.4 Å². The third kappa shape index (κ3) is 10.7. The number of benzene rings is 2. The van der Waals surface area contributed by atoms with Crippen molar-refractivity contribution in [2.24, 2.45) is 5.92 Å². The Morgan fingerprint density at radius 3 is 2.08 bits per heavy atom. The summed E-state index contributed by atoms with van der Waals surface area (Å²) in [6.45, 7) is 5.02. The van der Waals surface area contributed by atoms with Gasteiger partial charge in [0, 0.05) is 26.5 Å². The predicted molar refractivity (Wildman–Crippen MR) is 186 cm³/mol. The van der Waals surface area contributed by atoms with Crippen molar-refractivity contribution in [2.75, 3.05) is 55.2 Å². The first-order valence-electron chi connectivity index (χ1n) is 16.9. The molecule has 1 fully saturated rings. The lowest BCUT2D eigenvalue weighted by molar-refractivity contribution is -0.782. The first-order valence-corrected chi connectivity index (χ1v) is 16.9. The maximum Gasteiger partial charge on any atom is 0.294 e. The molecule has 0 bridgehead atoms. The Morgan fingerprint density at radius 2 is 1.58 bits per heavy atom. The van der Waals surface area contributed by atoms with Gasteiger partial charge in [0.2, 0.25) is 11.7 Å². The minimum atomic E-state index is -1.29. The van der Waals surface area contributed by atoms with E-state index >= 15 is 0 Å². The Morgan fingerprint density at radius 1 is 0.981 bits per heavy atom. The predicted octanol–water partition coefficient (Wildman–Crippen LogP) is 3.91. The molecule has 3 atom stereocenters. The van der Waals surface area contributed by atoms with Crippen LogP contribution in [0.4, 0.5) is 0 Å². The molecule has 0 saturated heterocycles. The smallest absolute Gasteiger partial charge is 0.294 e. The van der Waals surface area contributed by atoms with Crippen LogP contribution in [-0.2, 0) is 31.0 Å². The van der Waals surface area contributed by atoms with E-state index in [0.29, 0.717) is 48.9 Å². The van der Waals surface area contributed by atoms with Gasteiger partial charge in [0.05, 0.1) is 38.9 Å². The minimum Gasteiger partial charge on any atom is -0.493 e. The Labute approximate surface area is 303 Å². The van der Waals surface area contributed by atoms with Crippen molar-refractivity contribution in [2.45, 2.75) is 75.7 Å². The number of hydrogen-bond acceptors (Lipinski definition) is 14. The molecule has 1 aliphatic carbocycles. The lowest BCUT2D eigenvalue weighted by Gasteiger charge is -2.39. The van der Waals surface area contributed by atoms with E-state index in [2.05, 4.69) is 16.3 Å². The number of likely N-dealkylation sites (N-methyl/N-ethyl adjacent to an activating group) is 1. The van der Waals surface area contributed by atoms with E-state index in [9.17, 15) is 30.3 Å². The molecule has 2 aromatic rings. The monoisotopic (exact) mass is 731 g/mol. The summed E-state index contributed by atoms with van der Waals surface area (Å²) in [7, 11) is 7.91. The van der Waals surface area contributed by atoms with Crippen molar-refractivity contribution in [3.05, 3.63) is 67.8 Å². The molecule has 1 N–H and O–H groups in total. The van der Waals surface area contributed by atoms with Crippen LogP contribution in [-0.4, -0.2) is 101 Å². The van der Waals surface area contributed by atoms with E-state index < -0.39 is 45.8 Å². The van der Waals surface area contributed by atoms with E-state index in [1.165, 1.54) is 14.2 Å². The average Bonchev–Trinajstić information content (AvgIpc) is 3.10. The zero-order valence-electron chi connectivity index (χ0n) is 30.7. The summed E-state index contributed by atoms with van der Waals surface area (Å²) in [6.07, 6.45) is -1.56. The van der Waals surface area contributed by atoms with Crippen molar-refractivity contribution in [1.29, 1.82) is 5.26 Å². The summed E-state index contributed by atoms with van der Waals surface area (Å²) in [6, 6.07) is 12.4. The zero-order valence-corrected chi connectivity index (χ0v) is 30.7. The quantitative estimate of drug-likeness (QED) is 0.143. The van der Waals surface area contributed by atoms with E-state index in [0.717, 1.165) is 17.5 Å². The van der Waals surface area contributed by atoms with Gasteiger partial charge in [-0.2, -0.15) is 5.26 Å². The maximum atomic E-state index is 12.3. The summed E-state index contributed by atoms with van der Waals surface area (Å²) in [5.41, 5.74) is 0.832. The summed E-state index contributed by atoms with van der Waals surface area (Å²) in [4.78, 5) is 46.8. The fraction of sp³-hybridized carbons (Fsp3) is 0.600. The van der Waals surface area contributed by atoms with Crippen molar-refractivity contribution >= 4 is 5.91 Å². The summed E-state index contributed by atoms with van der Waals surface area (Å²) < 4.78 is 27.7. The number of hydrogen-bond donors (Lipinski definition) is 1. The number of carbonyl (C=O) groups excluding carboxylic acids is 1. The van der Waals surface area contributed by atoms with Gasteiger partial charge in [-0.25, -0.2) is 0 Å². The van der Waals surface area contributed by atoms with Crippen LogP contribution >= 0.6 is 0 Å². The van der Waals surface area contributed by atoms with Crippen LogP contribution < -0.4 is 24.3 Å². The fourth-order valence-corrected chi connectivity index (χ4v) is 6.64. The zero-order chi connectivity index (χ0) is 38.4. The summed E-state index contributed by atoms with van der Waals surface area (Å²) in [5.74, 6) is 1.28. The molecule has 1 amide bonds. The van der Waals surface area contributed by atoms with Crippen molar-refractivity contribution in [3.8, 4) is 29.1 Å². The van der Waals surface area contributed by atoms with Gasteiger partial charge in [-0.05, 0) is 68.1 Å². The number of nitrogens with one attached hydrogen (secondary N) is 1. The number of para-hydroxylation sites is 1. The van der Waals surface area contributed by atoms with Gasteiger partial charge in [-0.3, -0.25) is 4.79 Å². The Balaban J connectivity index is 1.71. The fourth-order valence-electron chi connectivity index (χ4n) is 6.64. The molecule has 2 aromatic carbocycles. The third-order valence-electron chi connectivity index (χ3n) is 9.34. The molecular weight excluding hydrogens is 682 g/mol. The molecule has 0 heterocycles. The molecule has 17 heteroatoms. The molecule has 0 radical (unpaired) electrons. The van der Waals surface area contributed by atoms with Crippen molar-refractivity contribution < 1.29 is 48.3 Å². The topological polar surface area (TPSA) is 207 Å². The Kier molecular flexibility index (Phi) is 15.5. The second kappa shape index (κ2) is 19.5. The van der Waals surface area contributed by atoms with Gasteiger partial charge < -0.3 is 43.6 Å². The van der Waals surface area contributed by atoms with Crippen LogP contribution in [0.25, 0.3) is 0 Å². The molecule has 3 unspecified atom stereocenters. The molecule has 52 heavy (non-hydrogen) atoms. The largest absolute Gasteiger partial charge is 0.493 e. The minimum absolute atomic E-state index is 0.0166. The molecule has 1 aliphatic rings. The third-order valence-corrected chi connectivity index (χ3v) is 9.34. The first-order chi connectivity index (χ1) is 24.8. The van der Waals surface area contributed by atoms with Gasteiger partial charge in [0.15, 0.2) is 11.5 Å². The summed E-state index contributed by atoms with van der Waals surface area (Å²) >= 11 is 0. The second-order valence-electron chi connectivity index (χ2n) is 12.9. The normalized spacial score (nSPS) is 19.5. The van der Waals surface area contributed by atoms with Crippen LogP contribution in [0.5, 0.6) is 23.0 Å². The van der Waals surface area contributed by atoms with Gasteiger partial charge in [0.25, 0.3) is 10.2 Å². The van der Waals surface area contributed by atoms with E-state index in [1.54, 1.807) is 26.4 Å². The van der Waals surface area contributed by atoms with Gasteiger partial charge in [-0.15, -0.1) is 20.2 Å². The van der Waals surface area contributed by atoms with Crippen LogP contribution in [0.1, 0.15) is 50.7 Å². The lowest BCUT2D eigenvalue weighted by Crippen LogP contribution is -2.59. The van der Waals surface area contributed by atoms with E-state index in [-0.39, 0.29) is 25.4 Å². The number of ether oxygens (including phenoxy) is 5. The van der Waals surface area contributed by atoms with Gasteiger partial charge in [0.1, 0.15) is 30.7 Å². The number of nitrogens with zero attached hydrogens (tertiary/aromatic N) is 4. The lowest BCUT2D eigenvalue weighted by atomic mass is 9.69. The number of amides is 1. The molecule has 3 rings (SSSR count). The number of methoxy groups -OCH3 is 4. The SMILES string of the molecule is COCC(=O)NC1C(O[N+](=O)[O-])CC(Oc2ccccc2CCN(C)CCCC(C#N)(c2cc(OC)c(OC)c(OC)c2)C(C)C)CC1O[N+](=O)[O-]. The highest BCUT2D eigenvalue weighted by Crippen LogP contribution is 2.45. The Hall–Kier alpha value is -5.08. The molecule has 286 valence electrons. The number of carbonyl (C=O) groups is 1. The van der Waals surface area contributed by atoms with Crippen LogP contribution in [0.3, 0.4) is 0 Å². The van der Waals surface area contributed by atoms with Crippen molar-refractivity contribution in [3.63, 3.8) is 0 Å². The number of nitriles is 1. The maximum absolute atomic E-state index is 12.3. The van der Waals surface area contributed by atoms with E-state index in [1.807, 2.05) is 45.2 Å². The second-order valence-corrected chi connectivity index (χ2v) is 12.9. The average molecular weight is 732 g/mol. The molecule has 0 aliphatic heterocycles. The molecular formula is C35H49N5O12. The van der Waals surface area contributed by atoms with Crippen LogP contribution in [0.15, 0.2) is 36.4 Å². The Bertz CT molecular complexity index is 1500. The highest BCUT2D eigenvalue weighted by molar-refractivity contribution is 5.77. The van der Waals surface area contributed by atoms with Gasteiger partial charge in [-0.1, -0.05) is 32.0 Å².